The summed E-state index contributed by atoms with van der Waals surface area (Å²) >= 11 is 3.38. The second-order valence-corrected chi connectivity index (χ2v) is 7.12. The lowest BCUT2D eigenvalue weighted by Gasteiger charge is -2.12. The average Bonchev–Trinajstić information content (AvgIpc) is 3.17. The Bertz CT molecular complexity index is 589. The first-order valence-electron chi connectivity index (χ1n) is 9.44. The number of rotatable bonds is 10. The molecule has 0 radical (unpaired) electrons. The average molecular weight is 441 g/mol. The molecule has 2 rings (SSSR count). The van der Waals surface area contributed by atoms with E-state index in [1.165, 1.54) is 0 Å². The number of carbonyl (C=O) groups excluding carboxylic acids is 1. The lowest BCUT2D eigenvalue weighted by molar-refractivity contribution is -0.116. The molecule has 1 amide bonds. The normalized spacial score (nSPS) is 17.0. The Morgan fingerprint density at radius 3 is 2.85 bits per heavy atom. The molecule has 0 aliphatic carbocycles. The molecule has 0 saturated carbocycles. The van der Waals surface area contributed by atoms with Crippen LogP contribution < -0.4 is 16.0 Å². The molecule has 1 aliphatic heterocycles. The maximum atomic E-state index is 12.0. The first-order valence-corrected chi connectivity index (χ1v) is 10.2. The van der Waals surface area contributed by atoms with Gasteiger partial charge in [-0.2, -0.15) is 0 Å². The van der Waals surface area contributed by atoms with Crippen LogP contribution in [0.25, 0.3) is 0 Å². The van der Waals surface area contributed by atoms with Gasteiger partial charge in [0, 0.05) is 49.4 Å². The lowest BCUT2D eigenvalue weighted by atomic mass is 10.3. The molecule has 1 atom stereocenters. The molecule has 1 unspecified atom stereocenters. The zero-order valence-electron chi connectivity index (χ0n) is 15.8. The summed E-state index contributed by atoms with van der Waals surface area (Å²) in [5.41, 5.74) is 0.788. The molecule has 0 aromatic heterocycles. The van der Waals surface area contributed by atoms with E-state index in [0.29, 0.717) is 32.7 Å². The number of carbonyl (C=O) groups is 1. The third kappa shape index (κ3) is 9.21. The van der Waals surface area contributed by atoms with E-state index >= 15 is 0 Å². The van der Waals surface area contributed by atoms with Crippen molar-refractivity contribution in [2.45, 2.75) is 32.3 Å². The van der Waals surface area contributed by atoms with Crippen molar-refractivity contribution in [1.82, 2.24) is 10.6 Å². The molecule has 1 heterocycles. The topological polar surface area (TPSA) is 84.0 Å². The summed E-state index contributed by atoms with van der Waals surface area (Å²) in [5.74, 6) is 0.686. The quantitative estimate of drug-likeness (QED) is 0.295. The number of ether oxygens (including phenoxy) is 2. The number of nitrogens with one attached hydrogen (secondary N) is 3. The van der Waals surface area contributed by atoms with Crippen LogP contribution in [0.4, 0.5) is 5.69 Å². The third-order valence-electron chi connectivity index (χ3n) is 3.93. The fraction of sp³-hybridized carbons (Fsp3) is 0.579. The van der Waals surface area contributed by atoms with Gasteiger partial charge in [0.05, 0.1) is 12.7 Å². The maximum Gasteiger partial charge on any atom is 0.226 e. The summed E-state index contributed by atoms with van der Waals surface area (Å²) in [4.78, 5) is 16.5. The number of benzene rings is 1. The van der Waals surface area contributed by atoms with Gasteiger partial charge >= 0.3 is 0 Å². The zero-order chi connectivity index (χ0) is 19.3. The second kappa shape index (κ2) is 12.7. The predicted octanol–water partition coefficient (Wildman–Crippen LogP) is 2.53. The Morgan fingerprint density at radius 2 is 2.15 bits per heavy atom. The highest BCUT2D eigenvalue weighted by Gasteiger charge is 2.15. The van der Waals surface area contributed by atoms with Crippen molar-refractivity contribution in [2.24, 2.45) is 4.99 Å². The van der Waals surface area contributed by atoms with Crippen molar-refractivity contribution >= 4 is 33.5 Å². The van der Waals surface area contributed by atoms with Crippen LogP contribution in [-0.4, -0.2) is 57.4 Å². The molecular weight excluding hydrogens is 412 g/mol. The van der Waals surface area contributed by atoms with Crippen LogP contribution in [0.15, 0.2) is 33.7 Å². The Labute approximate surface area is 169 Å². The van der Waals surface area contributed by atoms with E-state index in [-0.39, 0.29) is 12.0 Å². The van der Waals surface area contributed by atoms with Gasteiger partial charge in [0.25, 0.3) is 0 Å². The largest absolute Gasteiger partial charge is 0.379 e. The Balaban J connectivity index is 1.62. The van der Waals surface area contributed by atoms with Crippen LogP contribution in [0.1, 0.15) is 26.2 Å². The number of aliphatic imine (C=N–C) groups is 1. The van der Waals surface area contributed by atoms with E-state index in [1.807, 2.05) is 31.2 Å². The predicted molar refractivity (Wildman–Crippen MR) is 111 cm³/mol. The van der Waals surface area contributed by atoms with Crippen molar-refractivity contribution in [3.05, 3.63) is 28.7 Å². The molecule has 1 saturated heterocycles. The summed E-state index contributed by atoms with van der Waals surface area (Å²) in [7, 11) is 0. The molecule has 8 heteroatoms. The number of nitrogens with zero attached hydrogens (tertiary/aromatic N) is 1. The van der Waals surface area contributed by atoms with E-state index in [4.69, 9.17) is 9.47 Å². The molecule has 0 bridgehead atoms. The zero-order valence-corrected chi connectivity index (χ0v) is 17.4. The van der Waals surface area contributed by atoms with Crippen LogP contribution >= 0.6 is 15.9 Å². The fourth-order valence-electron chi connectivity index (χ4n) is 2.54. The van der Waals surface area contributed by atoms with Crippen LogP contribution in [0.5, 0.6) is 0 Å². The highest BCUT2D eigenvalue weighted by molar-refractivity contribution is 9.10. The molecule has 27 heavy (non-hydrogen) atoms. The van der Waals surface area contributed by atoms with Crippen molar-refractivity contribution in [2.75, 3.05) is 44.8 Å². The van der Waals surface area contributed by atoms with Gasteiger partial charge in [-0.25, -0.2) is 0 Å². The summed E-state index contributed by atoms with van der Waals surface area (Å²) in [6, 6.07) is 7.52. The summed E-state index contributed by atoms with van der Waals surface area (Å²) < 4.78 is 12.0. The first kappa shape index (κ1) is 21.7. The van der Waals surface area contributed by atoms with Gasteiger partial charge in [0.2, 0.25) is 5.91 Å². The molecule has 150 valence electrons. The fourth-order valence-corrected chi connectivity index (χ4v) is 2.81. The minimum Gasteiger partial charge on any atom is -0.379 e. The van der Waals surface area contributed by atoms with E-state index in [9.17, 15) is 4.79 Å². The van der Waals surface area contributed by atoms with Crippen molar-refractivity contribution in [3.63, 3.8) is 0 Å². The number of hydrogen-bond donors (Lipinski definition) is 3. The van der Waals surface area contributed by atoms with Crippen LogP contribution in [-0.2, 0) is 14.3 Å². The van der Waals surface area contributed by atoms with Crippen LogP contribution in [0.3, 0.4) is 0 Å². The Kier molecular flexibility index (Phi) is 10.2. The maximum absolute atomic E-state index is 12.0. The molecule has 7 nitrogen and oxygen atoms in total. The standard InChI is InChI=1S/C19H29BrN4O3/c1-2-21-19(22-10-3-12-27-17-9-13-26-14-17)23-11-8-18(25)24-16-6-4-15(20)5-7-16/h4-7,17H,2-3,8-14H2,1H3,(H,24,25)(H2,21,22,23). The number of halogens is 1. The number of guanidine groups is 1. The van der Waals surface area contributed by atoms with E-state index in [0.717, 1.165) is 42.1 Å². The monoisotopic (exact) mass is 440 g/mol. The van der Waals surface area contributed by atoms with Crippen molar-refractivity contribution in [1.29, 1.82) is 0 Å². The molecule has 1 aliphatic rings. The summed E-state index contributed by atoms with van der Waals surface area (Å²) in [6.07, 6.45) is 2.45. The minimum absolute atomic E-state index is 0.0344. The highest BCUT2D eigenvalue weighted by Crippen LogP contribution is 2.14. The number of anilines is 1. The highest BCUT2D eigenvalue weighted by atomic mass is 79.9. The molecule has 1 aromatic carbocycles. The van der Waals surface area contributed by atoms with E-state index < -0.39 is 0 Å². The third-order valence-corrected chi connectivity index (χ3v) is 4.46. The van der Waals surface area contributed by atoms with Gasteiger partial charge in [-0.15, -0.1) is 0 Å². The Hall–Kier alpha value is -1.64. The van der Waals surface area contributed by atoms with Gasteiger partial charge in [-0.05, 0) is 44.0 Å². The van der Waals surface area contributed by atoms with Crippen molar-refractivity contribution in [3.8, 4) is 0 Å². The van der Waals surface area contributed by atoms with E-state index in [1.54, 1.807) is 0 Å². The van der Waals surface area contributed by atoms with Gasteiger partial charge in [0.1, 0.15) is 0 Å². The molecular formula is C19H29BrN4O3. The Morgan fingerprint density at radius 1 is 1.33 bits per heavy atom. The molecule has 0 spiro atoms. The first-order chi connectivity index (χ1) is 13.2. The van der Waals surface area contributed by atoms with Gasteiger partial charge in [-0.3, -0.25) is 9.79 Å². The van der Waals surface area contributed by atoms with Crippen LogP contribution in [0, 0.1) is 0 Å². The second-order valence-electron chi connectivity index (χ2n) is 6.20. The SMILES string of the molecule is CCNC(=NCCCOC1CCOC1)NCCC(=O)Nc1ccc(Br)cc1. The number of hydrogen-bond acceptors (Lipinski definition) is 4. The smallest absolute Gasteiger partial charge is 0.226 e. The molecule has 1 fully saturated rings. The van der Waals surface area contributed by atoms with Crippen LogP contribution in [0.2, 0.25) is 0 Å². The summed E-state index contributed by atoms with van der Waals surface area (Å²) in [6.45, 7) is 6.17. The van der Waals surface area contributed by atoms with Crippen molar-refractivity contribution < 1.29 is 14.3 Å². The summed E-state index contributed by atoms with van der Waals surface area (Å²) in [5, 5.41) is 9.25. The molecule has 1 aromatic rings. The van der Waals surface area contributed by atoms with Gasteiger partial charge in [-0.1, -0.05) is 15.9 Å². The van der Waals surface area contributed by atoms with Gasteiger partial charge in [0.15, 0.2) is 5.96 Å². The van der Waals surface area contributed by atoms with E-state index in [2.05, 4.69) is 36.9 Å². The molecule has 3 N–H and O–H groups in total. The number of amides is 1. The lowest BCUT2D eigenvalue weighted by Crippen LogP contribution is -2.38. The van der Waals surface area contributed by atoms with Gasteiger partial charge < -0.3 is 25.4 Å². The minimum atomic E-state index is -0.0344.